The molecule has 1 saturated heterocycles. The van der Waals surface area contributed by atoms with E-state index in [0.29, 0.717) is 0 Å². The van der Waals surface area contributed by atoms with Gasteiger partial charge in [0.1, 0.15) is 6.61 Å². The van der Waals surface area contributed by atoms with Crippen LogP contribution in [0.1, 0.15) is 32.6 Å². The van der Waals surface area contributed by atoms with Gasteiger partial charge < -0.3 is 15.0 Å². The van der Waals surface area contributed by atoms with Crippen molar-refractivity contribution in [1.82, 2.24) is 10.2 Å². The number of carbonyl (C=O) groups is 1. The summed E-state index contributed by atoms with van der Waals surface area (Å²) >= 11 is 0. The second-order valence-electron chi connectivity index (χ2n) is 7.05. The predicted molar refractivity (Wildman–Crippen MR) is 73.8 cm³/mol. The molecule has 0 aromatic carbocycles. The van der Waals surface area contributed by atoms with E-state index in [1.54, 1.807) is 0 Å². The van der Waals surface area contributed by atoms with Gasteiger partial charge in [-0.15, -0.1) is 0 Å². The Morgan fingerprint density at radius 3 is 2.68 bits per heavy atom. The minimum atomic E-state index is -0.122. The molecule has 108 valence electrons. The van der Waals surface area contributed by atoms with Crippen LogP contribution in [0.2, 0.25) is 0 Å². The van der Waals surface area contributed by atoms with Crippen LogP contribution < -0.4 is 5.32 Å². The average Bonchev–Trinajstić information content (AvgIpc) is 2.95. The van der Waals surface area contributed by atoms with Crippen LogP contribution in [0, 0.1) is 17.8 Å². The summed E-state index contributed by atoms with van der Waals surface area (Å²) in [5, 5.41) is 3.18. The van der Waals surface area contributed by atoms with Crippen LogP contribution in [0.4, 0.5) is 0 Å². The Balaban J connectivity index is 1.42. The molecule has 1 aliphatic heterocycles. The lowest BCUT2D eigenvalue weighted by atomic mass is 9.88. The monoisotopic (exact) mass is 266 g/mol. The summed E-state index contributed by atoms with van der Waals surface area (Å²) in [4.78, 5) is 14.0. The SMILES string of the molecule is CN(CC1CC2CCC1C2)C(=O)COC1(C)CNC1. The largest absolute Gasteiger partial charge is 0.363 e. The Hall–Kier alpha value is -0.610. The highest BCUT2D eigenvalue weighted by atomic mass is 16.5. The van der Waals surface area contributed by atoms with Gasteiger partial charge in [0.25, 0.3) is 0 Å². The fraction of sp³-hybridized carbons (Fsp3) is 0.933. The molecule has 3 aliphatic rings. The van der Waals surface area contributed by atoms with Gasteiger partial charge in [0, 0.05) is 26.7 Å². The van der Waals surface area contributed by atoms with Crippen LogP contribution in [-0.2, 0) is 9.53 Å². The summed E-state index contributed by atoms with van der Waals surface area (Å²) in [7, 11) is 1.93. The van der Waals surface area contributed by atoms with Gasteiger partial charge in [-0.1, -0.05) is 6.42 Å². The molecule has 1 amide bonds. The highest BCUT2D eigenvalue weighted by molar-refractivity contribution is 5.77. The molecule has 0 spiro atoms. The van der Waals surface area contributed by atoms with Gasteiger partial charge in [-0.3, -0.25) is 4.79 Å². The number of hydrogen-bond acceptors (Lipinski definition) is 3. The molecule has 1 N–H and O–H groups in total. The van der Waals surface area contributed by atoms with E-state index in [1.807, 2.05) is 11.9 Å². The van der Waals surface area contributed by atoms with Crippen molar-refractivity contribution in [3.05, 3.63) is 0 Å². The Morgan fingerprint density at radius 2 is 2.16 bits per heavy atom. The standard InChI is InChI=1S/C15H26N2O2/c1-15(9-16-10-15)19-8-14(18)17(2)7-13-6-11-3-4-12(13)5-11/h11-13,16H,3-10H2,1-2H3. The average molecular weight is 266 g/mol. The summed E-state index contributed by atoms with van der Waals surface area (Å²) in [6.07, 6.45) is 5.56. The van der Waals surface area contributed by atoms with Crippen LogP contribution in [0.25, 0.3) is 0 Å². The third-order valence-electron chi connectivity index (χ3n) is 5.36. The second-order valence-corrected chi connectivity index (χ2v) is 7.05. The van der Waals surface area contributed by atoms with Crippen molar-refractivity contribution in [2.75, 3.05) is 33.3 Å². The summed E-state index contributed by atoms with van der Waals surface area (Å²) in [6, 6.07) is 0. The first-order valence-electron chi connectivity index (χ1n) is 7.64. The first-order valence-corrected chi connectivity index (χ1v) is 7.64. The van der Waals surface area contributed by atoms with E-state index in [-0.39, 0.29) is 18.1 Å². The van der Waals surface area contributed by atoms with Crippen LogP contribution in [-0.4, -0.2) is 49.7 Å². The molecular weight excluding hydrogens is 240 g/mol. The van der Waals surface area contributed by atoms with Crippen LogP contribution >= 0.6 is 0 Å². The minimum absolute atomic E-state index is 0.122. The Bertz CT molecular complexity index is 354. The maximum atomic E-state index is 12.1. The van der Waals surface area contributed by atoms with Crippen molar-refractivity contribution in [2.24, 2.45) is 17.8 Å². The summed E-state index contributed by atoms with van der Waals surface area (Å²) in [6.45, 7) is 4.94. The summed E-state index contributed by atoms with van der Waals surface area (Å²) in [5.41, 5.74) is -0.122. The van der Waals surface area contributed by atoms with Crippen molar-refractivity contribution in [3.63, 3.8) is 0 Å². The lowest BCUT2D eigenvalue weighted by Crippen LogP contribution is -2.59. The molecule has 2 saturated carbocycles. The fourth-order valence-corrected chi connectivity index (χ4v) is 3.98. The Morgan fingerprint density at radius 1 is 1.37 bits per heavy atom. The summed E-state index contributed by atoms with van der Waals surface area (Å²) in [5.74, 6) is 2.72. The normalized spacial score (nSPS) is 35.2. The molecule has 0 aromatic heterocycles. The number of rotatable bonds is 5. The molecule has 0 aromatic rings. The van der Waals surface area contributed by atoms with Crippen molar-refractivity contribution in [1.29, 1.82) is 0 Å². The lowest BCUT2D eigenvalue weighted by Gasteiger charge is -2.39. The third kappa shape index (κ3) is 2.79. The van der Waals surface area contributed by atoms with Gasteiger partial charge in [-0.05, 0) is 43.9 Å². The Labute approximate surface area is 115 Å². The highest BCUT2D eigenvalue weighted by Gasteiger charge is 2.40. The quantitative estimate of drug-likeness (QED) is 0.814. The third-order valence-corrected chi connectivity index (χ3v) is 5.36. The number of hydrogen-bond donors (Lipinski definition) is 1. The molecular formula is C15H26N2O2. The molecule has 2 bridgehead atoms. The number of carbonyl (C=O) groups excluding carboxylic acids is 1. The van der Waals surface area contributed by atoms with Crippen molar-refractivity contribution in [3.8, 4) is 0 Å². The first kappa shape index (κ1) is 13.4. The molecule has 19 heavy (non-hydrogen) atoms. The molecule has 0 radical (unpaired) electrons. The molecule has 1 heterocycles. The van der Waals surface area contributed by atoms with Crippen molar-refractivity contribution < 1.29 is 9.53 Å². The fourth-order valence-electron chi connectivity index (χ4n) is 3.98. The number of amides is 1. The van der Waals surface area contributed by atoms with Crippen molar-refractivity contribution in [2.45, 2.75) is 38.2 Å². The zero-order chi connectivity index (χ0) is 13.5. The Kier molecular flexibility index (Phi) is 3.56. The van der Waals surface area contributed by atoms with E-state index >= 15 is 0 Å². The molecule has 3 rings (SSSR count). The molecule has 4 heteroatoms. The van der Waals surface area contributed by atoms with E-state index in [1.165, 1.54) is 25.7 Å². The second kappa shape index (κ2) is 5.06. The topological polar surface area (TPSA) is 41.6 Å². The van der Waals surface area contributed by atoms with Gasteiger partial charge in [0.05, 0.1) is 5.60 Å². The molecule has 3 fully saturated rings. The minimum Gasteiger partial charge on any atom is -0.363 e. The van der Waals surface area contributed by atoms with Gasteiger partial charge in [-0.2, -0.15) is 0 Å². The van der Waals surface area contributed by atoms with Crippen molar-refractivity contribution >= 4 is 5.91 Å². The summed E-state index contributed by atoms with van der Waals surface area (Å²) < 4.78 is 5.72. The van der Waals surface area contributed by atoms with E-state index in [4.69, 9.17) is 4.74 Å². The van der Waals surface area contributed by atoms with Crippen LogP contribution in [0.5, 0.6) is 0 Å². The van der Waals surface area contributed by atoms with E-state index in [0.717, 1.165) is 37.4 Å². The number of fused-ring (bicyclic) bond motifs is 2. The smallest absolute Gasteiger partial charge is 0.248 e. The molecule has 2 aliphatic carbocycles. The molecule has 4 nitrogen and oxygen atoms in total. The van der Waals surface area contributed by atoms with Gasteiger partial charge in [-0.25, -0.2) is 0 Å². The maximum Gasteiger partial charge on any atom is 0.248 e. The number of ether oxygens (including phenoxy) is 1. The van der Waals surface area contributed by atoms with Gasteiger partial charge in [0.15, 0.2) is 0 Å². The van der Waals surface area contributed by atoms with Crippen LogP contribution in [0.15, 0.2) is 0 Å². The van der Waals surface area contributed by atoms with E-state index in [2.05, 4.69) is 12.2 Å². The number of nitrogens with one attached hydrogen (secondary N) is 1. The first-order chi connectivity index (χ1) is 9.06. The molecule has 3 atom stereocenters. The van der Waals surface area contributed by atoms with E-state index in [9.17, 15) is 4.79 Å². The number of likely N-dealkylation sites (N-methyl/N-ethyl adjacent to an activating group) is 1. The zero-order valence-electron chi connectivity index (χ0n) is 12.2. The predicted octanol–water partition coefficient (Wildman–Crippen LogP) is 1.26. The van der Waals surface area contributed by atoms with Gasteiger partial charge >= 0.3 is 0 Å². The lowest BCUT2D eigenvalue weighted by molar-refractivity contribution is -0.145. The van der Waals surface area contributed by atoms with Crippen LogP contribution in [0.3, 0.4) is 0 Å². The van der Waals surface area contributed by atoms with Gasteiger partial charge in [0.2, 0.25) is 5.91 Å². The number of nitrogens with zero attached hydrogens (tertiary/aromatic N) is 1. The highest BCUT2D eigenvalue weighted by Crippen LogP contribution is 2.48. The molecule has 3 unspecified atom stereocenters. The maximum absolute atomic E-state index is 12.1. The van der Waals surface area contributed by atoms with E-state index < -0.39 is 0 Å². The zero-order valence-corrected chi connectivity index (χ0v) is 12.2.